The van der Waals surface area contributed by atoms with Crippen LogP contribution in [0.1, 0.15) is 25.3 Å². The minimum atomic E-state index is -2.16. The molecule has 1 aromatic rings. The lowest BCUT2D eigenvalue weighted by Crippen LogP contribution is -2.02. The molecule has 0 amide bonds. The molecule has 0 aliphatic carbocycles. The van der Waals surface area contributed by atoms with E-state index in [1.807, 2.05) is 0 Å². The number of rotatable bonds is 4. The first-order valence-electron chi connectivity index (χ1n) is 4.87. The van der Waals surface area contributed by atoms with Crippen LogP contribution in [0, 0.1) is 0 Å². The van der Waals surface area contributed by atoms with E-state index in [1.54, 1.807) is 25.7 Å². The summed E-state index contributed by atoms with van der Waals surface area (Å²) in [5.74, 6) is 0.405. The van der Waals surface area contributed by atoms with Gasteiger partial charge in [-0.2, -0.15) is 0 Å². The Labute approximate surface area is 90.5 Å². The molecule has 0 fully saturated rings. The molecule has 15 heavy (non-hydrogen) atoms. The van der Waals surface area contributed by atoms with Crippen molar-refractivity contribution in [3.8, 4) is 6.01 Å². The van der Waals surface area contributed by atoms with Crippen molar-refractivity contribution in [1.29, 1.82) is 0 Å². The van der Waals surface area contributed by atoms with Gasteiger partial charge in [-0.05, 0) is 24.8 Å². The number of aromatic nitrogens is 2. The SMILES string of the molecule is CC(C)c1cnc(OCP(C)(C)=O)nc1. The second-order valence-corrected chi connectivity index (χ2v) is 7.71. The van der Waals surface area contributed by atoms with Gasteiger partial charge in [0.1, 0.15) is 13.5 Å². The third-order valence-corrected chi connectivity index (χ3v) is 2.57. The van der Waals surface area contributed by atoms with Crippen molar-refractivity contribution < 1.29 is 9.30 Å². The van der Waals surface area contributed by atoms with Crippen molar-refractivity contribution in [1.82, 2.24) is 9.97 Å². The summed E-state index contributed by atoms with van der Waals surface area (Å²) in [5, 5.41) is 0. The molecule has 0 radical (unpaired) electrons. The second-order valence-electron chi connectivity index (χ2n) is 4.30. The van der Waals surface area contributed by atoms with Crippen molar-refractivity contribution in [3.63, 3.8) is 0 Å². The van der Waals surface area contributed by atoms with E-state index in [1.165, 1.54) is 0 Å². The van der Waals surface area contributed by atoms with Gasteiger partial charge in [0.05, 0.1) is 0 Å². The third-order valence-electron chi connectivity index (χ3n) is 1.82. The molecule has 84 valence electrons. The normalized spacial score (nSPS) is 11.8. The van der Waals surface area contributed by atoms with Crippen molar-refractivity contribution in [2.45, 2.75) is 19.8 Å². The van der Waals surface area contributed by atoms with Crippen LogP contribution in [-0.2, 0) is 4.57 Å². The Hall–Kier alpha value is -0.890. The van der Waals surface area contributed by atoms with Gasteiger partial charge in [-0.25, -0.2) is 9.97 Å². The molecule has 1 heterocycles. The molecule has 0 unspecified atom stereocenters. The van der Waals surface area contributed by atoms with Crippen molar-refractivity contribution in [2.24, 2.45) is 0 Å². The topological polar surface area (TPSA) is 52.1 Å². The molecule has 0 saturated heterocycles. The van der Waals surface area contributed by atoms with Crippen LogP contribution >= 0.6 is 7.14 Å². The molecule has 0 aromatic carbocycles. The van der Waals surface area contributed by atoms with E-state index in [-0.39, 0.29) is 6.35 Å². The van der Waals surface area contributed by atoms with Crippen molar-refractivity contribution >= 4 is 7.14 Å². The lowest BCUT2D eigenvalue weighted by atomic mass is 10.1. The quantitative estimate of drug-likeness (QED) is 0.743. The summed E-state index contributed by atoms with van der Waals surface area (Å²) >= 11 is 0. The number of nitrogens with zero attached hydrogens (tertiary/aromatic N) is 2. The first-order valence-corrected chi connectivity index (χ1v) is 7.66. The fraction of sp³-hybridized carbons (Fsp3) is 0.600. The summed E-state index contributed by atoms with van der Waals surface area (Å²) in [6.07, 6.45) is 3.67. The molecular weight excluding hydrogens is 211 g/mol. The minimum absolute atomic E-state index is 0.189. The van der Waals surface area contributed by atoms with Crippen LogP contribution in [-0.4, -0.2) is 29.6 Å². The van der Waals surface area contributed by atoms with Gasteiger partial charge in [0.25, 0.3) is 0 Å². The molecule has 0 saturated carbocycles. The van der Waals surface area contributed by atoms with Crippen molar-refractivity contribution in [2.75, 3.05) is 19.7 Å². The average Bonchev–Trinajstić information content (AvgIpc) is 2.14. The molecule has 0 bridgehead atoms. The first-order chi connectivity index (χ1) is 6.88. The van der Waals surface area contributed by atoms with E-state index in [2.05, 4.69) is 23.8 Å². The average molecular weight is 228 g/mol. The predicted molar refractivity (Wildman–Crippen MR) is 61.1 cm³/mol. The zero-order chi connectivity index (χ0) is 11.5. The molecule has 0 aliphatic rings. The standard InChI is InChI=1S/C10H17N2O2P/c1-8(2)9-5-11-10(12-6-9)14-7-15(3,4)13/h5-6,8H,7H2,1-4H3. The highest BCUT2D eigenvalue weighted by atomic mass is 31.2. The van der Waals surface area contributed by atoms with E-state index in [0.29, 0.717) is 11.9 Å². The lowest BCUT2D eigenvalue weighted by molar-refractivity contribution is 0.347. The fourth-order valence-corrected chi connectivity index (χ4v) is 1.34. The molecule has 1 rings (SSSR count). The molecule has 5 heteroatoms. The van der Waals surface area contributed by atoms with Gasteiger partial charge in [-0.1, -0.05) is 13.8 Å². The maximum absolute atomic E-state index is 11.4. The van der Waals surface area contributed by atoms with Gasteiger partial charge in [0.15, 0.2) is 0 Å². The smallest absolute Gasteiger partial charge is 0.316 e. The summed E-state index contributed by atoms with van der Waals surface area (Å²) < 4.78 is 16.6. The van der Waals surface area contributed by atoms with Crippen LogP contribution in [0.5, 0.6) is 6.01 Å². The highest BCUT2D eigenvalue weighted by Crippen LogP contribution is 2.35. The van der Waals surface area contributed by atoms with Gasteiger partial charge in [0, 0.05) is 12.4 Å². The highest BCUT2D eigenvalue weighted by Gasteiger charge is 2.09. The summed E-state index contributed by atoms with van der Waals surface area (Å²) in [5.41, 5.74) is 1.07. The first kappa shape index (κ1) is 12.2. The van der Waals surface area contributed by atoms with Crippen LogP contribution in [0.3, 0.4) is 0 Å². The maximum atomic E-state index is 11.4. The number of hydrogen-bond donors (Lipinski definition) is 0. The monoisotopic (exact) mass is 228 g/mol. The van der Waals surface area contributed by atoms with Gasteiger partial charge >= 0.3 is 6.01 Å². The van der Waals surface area contributed by atoms with Gasteiger partial charge in [-0.15, -0.1) is 0 Å². The summed E-state index contributed by atoms with van der Waals surface area (Å²) in [4.78, 5) is 8.10. The maximum Gasteiger partial charge on any atom is 0.316 e. The van der Waals surface area contributed by atoms with E-state index >= 15 is 0 Å². The zero-order valence-electron chi connectivity index (χ0n) is 9.60. The summed E-state index contributed by atoms with van der Waals surface area (Å²) in [6, 6.07) is 0.295. The van der Waals surface area contributed by atoms with Gasteiger partial charge < -0.3 is 9.30 Å². The third kappa shape index (κ3) is 4.43. The Morgan fingerprint density at radius 1 is 1.33 bits per heavy atom. The van der Waals surface area contributed by atoms with Gasteiger partial charge in [-0.3, -0.25) is 0 Å². The summed E-state index contributed by atoms with van der Waals surface area (Å²) in [7, 11) is -2.16. The molecular formula is C10H17N2O2P. The van der Waals surface area contributed by atoms with Crippen LogP contribution in [0.4, 0.5) is 0 Å². The number of ether oxygens (including phenoxy) is 1. The molecule has 4 nitrogen and oxygen atoms in total. The molecule has 0 spiro atoms. The Bertz CT molecular complexity index is 356. The Morgan fingerprint density at radius 2 is 1.87 bits per heavy atom. The van der Waals surface area contributed by atoms with E-state index in [9.17, 15) is 4.57 Å². The van der Waals surface area contributed by atoms with Crippen LogP contribution in [0.25, 0.3) is 0 Å². The molecule has 1 aromatic heterocycles. The molecule has 0 aliphatic heterocycles. The largest absolute Gasteiger partial charge is 0.456 e. The zero-order valence-corrected chi connectivity index (χ0v) is 10.5. The Morgan fingerprint density at radius 3 is 2.27 bits per heavy atom. The molecule has 0 atom stereocenters. The van der Waals surface area contributed by atoms with Crippen LogP contribution < -0.4 is 4.74 Å². The number of hydrogen-bond acceptors (Lipinski definition) is 4. The van der Waals surface area contributed by atoms with Crippen LogP contribution in [0.2, 0.25) is 0 Å². The second kappa shape index (κ2) is 4.75. The lowest BCUT2D eigenvalue weighted by Gasteiger charge is -2.08. The summed E-state index contributed by atoms with van der Waals surface area (Å²) in [6.45, 7) is 7.50. The van der Waals surface area contributed by atoms with Crippen molar-refractivity contribution in [3.05, 3.63) is 18.0 Å². The Balaban J connectivity index is 2.61. The van der Waals surface area contributed by atoms with E-state index in [4.69, 9.17) is 4.74 Å². The highest BCUT2D eigenvalue weighted by molar-refractivity contribution is 7.62. The minimum Gasteiger partial charge on any atom is -0.456 e. The Kier molecular flexibility index (Phi) is 3.86. The fourth-order valence-electron chi connectivity index (χ4n) is 0.912. The van der Waals surface area contributed by atoms with E-state index < -0.39 is 7.14 Å². The predicted octanol–water partition coefficient (Wildman–Crippen LogP) is 2.56. The van der Waals surface area contributed by atoms with Gasteiger partial charge in [0.2, 0.25) is 0 Å². The molecule has 0 N–H and O–H groups in total. The van der Waals surface area contributed by atoms with E-state index in [0.717, 1.165) is 5.56 Å². The van der Waals surface area contributed by atoms with Crippen LogP contribution in [0.15, 0.2) is 12.4 Å².